The lowest BCUT2D eigenvalue weighted by Gasteiger charge is -2.34. The topological polar surface area (TPSA) is 55.9 Å². The molecule has 0 spiro atoms. The fourth-order valence-corrected chi connectivity index (χ4v) is 3.99. The third-order valence-electron chi connectivity index (χ3n) is 5.75. The molecule has 0 radical (unpaired) electrons. The van der Waals surface area contributed by atoms with E-state index in [1.807, 2.05) is 17.9 Å². The predicted molar refractivity (Wildman–Crippen MR) is 108 cm³/mol. The Hall–Kier alpha value is -2.08. The van der Waals surface area contributed by atoms with Crippen molar-refractivity contribution in [1.82, 2.24) is 14.7 Å². The van der Waals surface area contributed by atoms with E-state index in [0.29, 0.717) is 17.2 Å². The normalized spacial score (nSPS) is 18.6. The van der Waals surface area contributed by atoms with Crippen LogP contribution in [0.3, 0.4) is 0 Å². The van der Waals surface area contributed by atoms with Crippen molar-refractivity contribution in [1.29, 1.82) is 0 Å². The lowest BCUT2D eigenvalue weighted by atomic mass is 9.96. The van der Waals surface area contributed by atoms with Crippen LogP contribution in [0.15, 0.2) is 18.2 Å². The van der Waals surface area contributed by atoms with Gasteiger partial charge in [0.05, 0.1) is 0 Å². The summed E-state index contributed by atoms with van der Waals surface area (Å²) < 4.78 is 0. The maximum absolute atomic E-state index is 12.7. The summed E-state index contributed by atoms with van der Waals surface area (Å²) in [5, 5.41) is 3.01. The molecular weight excluding hydrogens is 340 g/mol. The van der Waals surface area contributed by atoms with Gasteiger partial charge in [-0.3, -0.25) is 4.79 Å². The highest BCUT2D eigenvalue weighted by Crippen LogP contribution is 2.23. The molecule has 0 aromatic heterocycles. The van der Waals surface area contributed by atoms with Gasteiger partial charge in [0, 0.05) is 45.0 Å². The van der Waals surface area contributed by atoms with E-state index in [1.165, 1.54) is 32.5 Å². The first kappa shape index (κ1) is 19.7. The number of piperidine rings is 1. The van der Waals surface area contributed by atoms with Crippen molar-refractivity contribution in [3.05, 3.63) is 29.3 Å². The number of hydrogen-bond acceptors (Lipinski definition) is 3. The molecule has 2 heterocycles. The SMILES string of the molecule is Cc1ccc(C(=O)N(C)C)cc1NC(=O)N1CCC(CN2CCCC2)CC1. The van der Waals surface area contributed by atoms with Gasteiger partial charge in [-0.2, -0.15) is 0 Å². The van der Waals surface area contributed by atoms with E-state index < -0.39 is 0 Å². The molecule has 2 fully saturated rings. The first-order valence-corrected chi connectivity index (χ1v) is 10.0. The first-order chi connectivity index (χ1) is 12.9. The molecule has 1 aromatic carbocycles. The summed E-state index contributed by atoms with van der Waals surface area (Å²) in [5.41, 5.74) is 2.26. The monoisotopic (exact) mass is 372 g/mol. The van der Waals surface area contributed by atoms with E-state index in [-0.39, 0.29) is 11.9 Å². The number of benzene rings is 1. The highest BCUT2D eigenvalue weighted by atomic mass is 16.2. The number of anilines is 1. The van der Waals surface area contributed by atoms with Crippen molar-refractivity contribution in [2.75, 3.05) is 52.1 Å². The third-order valence-corrected chi connectivity index (χ3v) is 5.75. The number of carbonyl (C=O) groups is 2. The van der Waals surface area contributed by atoms with E-state index in [9.17, 15) is 9.59 Å². The molecule has 2 saturated heterocycles. The number of likely N-dealkylation sites (tertiary alicyclic amines) is 2. The quantitative estimate of drug-likeness (QED) is 0.884. The van der Waals surface area contributed by atoms with Crippen LogP contribution in [0, 0.1) is 12.8 Å². The Morgan fingerprint density at radius 3 is 2.41 bits per heavy atom. The van der Waals surface area contributed by atoms with Gasteiger partial charge in [0.1, 0.15) is 0 Å². The lowest BCUT2D eigenvalue weighted by Crippen LogP contribution is -2.43. The van der Waals surface area contributed by atoms with E-state index in [1.54, 1.807) is 31.1 Å². The summed E-state index contributed by atoms with van der Waals surface area (Å²) in [6.45, 7) is 7.22. The van der Waals surface area contributed by atoms with Crippen molar-refractivity contribution in [2.24, 2.45) is 5.92 Å². The van der Waals surface area contributed by atoms with Gasteiger partial charge in [-0.05, 0) is 69.3 Å². The van der Waals surface area contributed by atoms with Crippen molar-refractivity contribution >= 4 is 17.6 Å². The Balaban J connectivity index is 1.54. The molecule has 1 N–H and O–H groups in total. The molecule has 0 saturated carbocycles. The van der Waals surface area contributed by atoms with E-state index in [4.69, 9.17) is 0 Å². The van der Waals surface area contributed by atoms with Crippen LogP contribution in [0.5, 0.6) is 0 Å². The molecule has 6 nitrogen and oxygen atoms in total. The second-order valence-electron chi connectivity index (χ2n) is 8.10. The Morgan fingerprint density at radius 2 is 1.78 bits per heavy atom. The molecule has 6 heteroatoms. The minimum absolute atomic E-state index is 0.0618. The van der Waals surface area contributed by atoms with Gasteiger partial charge in [0.2, 0.25) is 0 Å². The molecule has 27 heavy (non-hydrogen) atoms. The standard InChI is InChI=1S/C21H32N4O2/c1-16-6-7-18(20(26)23(2)3)14-19(16)22-21(27)25-12-8-17(9-13-25)15-24-10-4-5-11-24/h6-7,14,17H,4-5,8-13,15H2,1-3H3,(H,22,27). The molecular formula is C21H32N4O2. The largest absolute Gasteiger partial charge is 0.345 e. The molecule has 0 unspecified atom stereocenters. The number of aryl methyl sites for hydroxylation is 1. The van der Waals surface area contributed by atoms with E-state index in [0.717, 1.165) is 31.5 Å². The molecule has 2 aliphatic rings. The van der Waals surface area contributed by atoms with Gasteiger partial charge < -0.3 is 20.0 Å². The zero-order chi connectivity index (χ0) is 19.4. The van der Waals surface area contributed by atoms with E-state index >= 15 is 0 Å². The maximum Gasteiger partial charge on any atom is 0.321 e. The number of carbonyl (C=O) groups excluding carboxylic acids is 2. The lowest BCUT2D eigenvalue weighted by molar-refractivity contribution is 0.0827. The summed E-state index contributed by atoms with van der Waals surface area (Å²) in [4.78, 5) is 30.9. The summed E-state index contributed by atoms with van der Waals surface area (Å²) in [5.74, 6) is 0.642. The Kier molecular flexibility index (Phi) is 6.37. The van der Waals surface area contributed by atoms with Crippen LogP contribution in [-0.2, 0) is 0 Å². The van der Waals surface area contributed by atoms with Crippen LogP contribution in [0.1, 0.15) is 41.6 Å². The molecule has 0 aliphatic carbocycles. The highest BCUT2D eigenvalue weighted by molar-refractivity contribution is 5.97. The molecule has 0 bridgehead atoms. The molecule has 0 atom stereocenters. The van der Waals surface area contributed by atoms with Gasteiger partial charge in [0.25, 0.3) is 5.91 Å². The van der Waals surface area contributed by atoms with Gasteiger partial charge in [-0.15, -0.1) is 0 Å². The van der Waals surface area contributed by atoms with Crippen LogP contribution in [0.4, 0.5) is 10.5 Å². The summed E-state index contributed by atoms with van der Waals surface area (Å²) in [6.07, 6.45) is 4.80. The van der Waals surface area contributed by atoms with Crippen LogP contribution in [-0.4, -0.2) is 73.5 Å². The zero-order valence-corrected chi connectivity index (χ0v) is 16.8. The average molecular weight is 373 g/mol. The predicted octanol–water partition coefficient (Wildman–Crippen LogP) is 3.04. The Morgan fingerprint density at radius 1 is 1.11 bits per heavy atom. The summed E-state index contributed by atoms with van der Waals surface area (Å²) >= 11 is 0. The van der Waals surface area contributed by atoms with Crippen LogP contribution < -0.4 is 5.32 Å². The van der Waals surface area contributed by atoms with Gasteiger partial charge in [0.15, 0.2) is 0 Å². The Labute approximate surface area is 162 Å². The smallest absolute Gasteiger partial charge is 0.321 e. The maximum atomic E-state index is 12.7. The van der Waals surface area contributed by atoms with Crippen molar-refractivity contribution < 1.29 is 9.59 Å². The fourth-order valence-electron chi connectivity index (χ4n) is 3.99. The van der Waals surface area contributed by atoms with Gasteiger partial charge in [-0.1, -0.05) is 6.07 Å². The number of hydrogen-bond donors (Lipinski definition) is 1. The average Bonchev–Trinajstić information content (AvgIpc) is 3.16. The molecule has 2 aliphatic heterocycles. The molecule has 1 aromatic rings. The summed E-state index contributed by atoms with van der Waals surface area (Å²) in [6, 6.07) is 5.40. The number of amides is 3. The van der Waals surface area contributed by atoms with Crippen molar-refractivity contribution in [3.8, 4) is 0 Å². The van der Waals surface area contributed by atoms with E-state index in [2.05, 4.69) is 10.2 Å². The molecule has 148 valence electrons. The van der Waals surface area contributed by atoms with Crippen LogP contribution in [0.2, 0.25) is 0 Å². The molecule has 3 rings (SSSR count). The number of nitrogens with zero attached hydrogens (tertiary/aromatic N) is 3. The number of rotatable bonds is 4. The minimum Gasteiger partial charge on any atom is -0.345 e. The number of urea groups is 1. The van der Waals surface area contributed by atoms with Gasteiger partial charge >= 0.3 is 6.03 Å². The third kappa shape index (κ3) is 5.01. The highest BCUT2D eigenvalue weighted by Gasteiger charge is 2.25. The Bertz CT molecular complexity index is 675. The van der Waals surface area contributed by atoms with Crippen molar-refractivity contribution in [2.45, 2.75) is 32.6 Å². The first-order valence-electron chi connectivity index (χ1n) is 10.0. The fraction of sp³-hybridized carbons (Fsp3) is 0.619. The molecule has 3 amide bonds. The second kappa shape index (κ2) is 8.74. The second-order valence-corrected chi connectivity index (χ2v) is 8.10. The minimum atomic E-state index is -0.0628. The van der Waals surface area contributed by atoms with Crippen LogP contribution in [0.25, 0.3) is 0 Å². The van der Waals surface area contributed by atoms with Gasteiger partial charge in [-0.25, -0.2) is 4.79 Å². The van der Waals surface area contributed by atoms with Crippen LogP contribution >= 0.6 is 0 Å². The van der Waals surface area contributed by atoms with Crippen molar-refractivity contribution in [3.63, 3.8) is 0 Å². The number of nitrogens with one attached hydrogen (secondary N) is 1. The zero-order valence-electron chi connectivity index (χ0n) is 16.8. The summed E-state index contributed by atoms with van der Waals surface area (Å²) in [7, 11) is 3.46.